The standard InChI is InChI=1S/C27H27N5S/c1-17-8-7-9-21(14-17)32-26(25(30-27(32)33)23-10-5-6-13-28-23)22-15-19(3)31(20(22)4)24-12-11-18(2)16-29-24/h5-16,25-26H,1-4H3,(H,30,33)/t25-,26+/m1/s1. The molecule has 2 atom stereocenters. The molecule has 1 aliphatic heterocycles. The molecule has 5 nitrogen and oxygen atoms in total. The largest absolute Gasteiger partial charge is 0.351 e. The third kappa shape index (κ3) is 3.80. The smallest absolute Gasteiger partial charge is 0.174 e. The van der Waals surface area contributed by atoms with Gasteiger partial charge in [-0.3, -0.25) is 4.98 Å². The number of anilines is 1. The van der Waals surface area contributed by atoms with Crippen molar-refractivity contribution in [2.24, 2.45) is 0 Å². The minimum absolute atomic E-state index is 0.0420. The monoisotopic (exact) mass is 453 g/mol. The molecular formula is C27H27N5S. The van der Waals surface area contributed by atoms with Crippen molar-refractivity contribution >= 4 is 23.0 Å². The Morgan fingerprint density at radius 1 is 0.879 bits per heavy atom. The lowest BCUT2D eigenvalue weighted by molar-refractivity contribution is 0.565. The van der Waals surface area contributed by atoms with Crippen molar-refractivity contribution in [1.82, 2.24) is 19.9 Å². The van der Waals surface area contributed by atoms with Gasteiger partial charge in [0, 0.05) is 29.5 Å². The second-order valence-electron chi connectivity index (χ2n) is 8.69. The van der Waals surface area contributed by atoms with Crippen LogP contribution in [0.5, 0.6) is 0 Å². The number of nitrogens with one attached hydrogen (secondary N) is 1. The van der Waals surface area contributed by atoms with Crippen LogP contribution in [0, 0.1) is 27.7 Å². The fraction of sp³-hybridized carbons (Fsp3) is 0.222. The maximum absolute atomic E-state index is 5.88. The maximum atomic E-state index is 5.88. The van der Waals surface area contributed by atoms with E-state index in [0.717, 1.165) is 34.2 Å². The van der Waals surface area contributed by atoms with Crippen molar-refractivity contribution < 1.29 is 0 Å². The summed E-state index contributed by atoms with van der Waals surface area (Å²) in [4.78, 5) is 11.6. The van der Waals surface area contributed by atoms with Crippen LogP contribution in [0.25, 0.3) is 5.82 Å². The van der Waals surface area contributed by atoms with Crippen LogP contribution < -0.4 is 10.2 Å². The quantitative estimate of drug-likeness (QED) is 0.403. The summed E-state index contributed by atoms with van der Waals surface area (Å²) in [5, 5.41) is 4.27. The van der Waals surface area contributed by atoms with Gasteiger partial charge in [0.05, 0.1) is 17.8 Å². The number of hydrogen-bond donors (Lipinski definition) is 1. The molecule has 5 rings (SSSR count). The van der Waals surface area contributed by atoms with Crippen LogP contribution in [0.4, 0.5) is 5.69 Å². The predicted octanol–water partition coefficient (Wildman–Crippen LogP) is 5.68. The SMILES string of the molecule is Cc1ccc(-n2c(C)cc([C@H]3[C@@H](c4ccccn4)NC(=S)N3c3cccc(C)c3)c2C)nc1. The fourth-order valence-corrected chi connectivity index (χ4v) is 5.10. The number of nitrogens with zero attached hydrogens (tertiary/aromatic N) is 4. The van der Waals surface area contributed by atoms with Crippen molar-refractivity contribution in [3.05, 3.63) is 107 Å². The molecule has 0 saturated carbocycles. The van der Waals surface area contributed by atoms with E-state index >= 15 is 0 Å². The molecule has 0 bridgehead atoms. The van der Waals surface area contributed by atoms with Crippen molar-refractivity contribution in [3.8, 4) is 5.82 Å². The zero-order valence-electron chi connectivity index (χ0n) is 19.3. The van der Waals surface area contributed by atoms with E-state index < -0.39 is 0 Å². The van der Waals surface area contributed by atoms with Gasteiger partial charge in [0.1, 0.15) is 5.82 Å². The van der Waals surface area contributed by atoms with E-state index in [4.69, 9.17) is 12.2 Å². The molecule has 166 valence electrons. The lowest BCUT2D eigenvalue weighted by Gasteiger charge is -2.28. The molecule has 0 aliphatic carbocycles. The lowest BCUT2D eigenvalue weighted by Crippen LogP contribution is -2.29. The summed E-state index contributed by atoms with van der Waals surface area (Å²) < 4.78 is 2.22. The molecule has 0 amide bonds. The highest BCUT2D eigenvalue weighted by Gasteiger charge is 2.42. The number of aromatic nitrogens is 3. The number of benzene rings is 1. The molecule has 6 heteroatoms. The average molecular weight is 454 g/mol. The van der Waals surface area contributed by atoms with Crippen LogP contribution in [0.1, 0.15) is 45.9 Å². The van der Waals surface area contributed by atoms with Gasteiger partial charge in [-0.15, -0.1) is 0 Å². The van der Waals surface area contributed by atoms with Crippen molar-refractivity contribution in [3.63, 3.8) is 0 Å². The highest BCUT2D eigenvalue weighted by molar-refractivity contribution is 7.80. The third-order valence-corrected chi connectivity index (χ3v) is 6.61. The van der Waals surface area contributed by atoms with Gasteiger partial charge < -0.3 is 14.8 Å². The summed E-state index contributed by atoms with van der Waals surface area (Å²) in [6.07, 6.45) is 3.75. The van der Waals surface area contributed by atoms with Gasteiger partial charge in [-0.2, -0.15) is 0 Å². The molecular weight excluding hydrogens is 426 g/mol. The topological polar surface area (TPSA) is 46.0 Å². The molecule has 0 radical (unpaired) electrons. The summed E-state index contributed by atoms with van der Waals surface area (Å²) in [6, 6.07) is 20.8. The predicted molar refractivity (Wildman–Crippen MR) is 137 cm³/mol. The summed E-state index contributed by atoms with van der Waals surface area (Å²) in [5.41, 5.74) is 7.89. The molecule has 1 aliphatic rings. The highest BCUT2D eigenvalue weighted by atomic mass is 32.1. The van der Waals surface area contributed by atoms with Crippen molar-refractivity contribution in [1.29, 1.82) is 0 Å². The molecule has 1 aromatic carbocycles. The Hall–Kier alpha value is -3.51. The summed E-state index contributed by atoms with van der Waals surface area (Å²) in [7, 11) is 0. The number of aryl methyl sites for hydroxylation is 3. The fourth-order valence-electron chi connectivity index (χ4n) is 4.76. The van der Waals surface area contributed by atoms with Crippen LogP contribution in [0.3, 0.4) is 0 Å². The van der Waals surface area contributed by atoms with E-state index in [9.17, 15) is 0 Å². The molecule has 4 aromatic rings. The Labute approximate surface area is 200 Å². The molecule has 4 heterocycles. The minimum atomic E-state index is -0.0702. The second-order valence-corrected chi connectivity index (χ2v) is 9.08. The van der Waals surface area contributed by atoms with E-state index in [-0.39, 0.29) is 12.1 Å². The van der Waals surface area contributed by atoms with E-state index in [1.807, 2.05) is 24.5 Å². The lowest BCUT2D eigenvalue weighted by atomic mass is 9.96. The molecule has 3 aromatic heterocycles. The Kier molecular flexibility index (Phi) is 5.46. The zero-order chi connectivity index (χ0) is 23.1. The van der Waals surface area contributed by atoms with Gasteiger partial charge in [0.25, 0.3) is 0 Å². The van der Waals surface area contributed by atoms with Gasteiger partial charge in [-0.25, -0.2) is 4.98 Å². The minimum Gasteiger partial charge on any atom is -0.351 e. The molecule has 33 heavy (non-hydrogen) atoms. The normalized spacial score (nSPS) is 17.9. The maximum Gasteiger partial charge on any atom is 0.174 e. The first-order valence-corrected chi connectivity index (χ1v) is 11.5. The molecule has 0 spiro atoms. The molecule has 1 saturated heterocycles. The van der Waals surface area contributed by atoms with Gasteiger partial charge in [-0.05, 0) is 93.0 Å². The van der Waals surface area contributed by atoms with E-state index in [0.29, 0.717) is 5.11 Å². The Bertz CT molecular complexity index is 1310. The van der Waals surface area contributed by atoms with Crippen molar-refractivity contribution in [2.75, 3.05) is 4.90 Å². The number of thiocarbonyl (C=S) groups is 1. The van der Waals surface area contributed by atoms with Crippen LogP contribution in [-0.2, 0) is 0 Å². The van der Waals surface area contributed by atoms with Gasteiger partial charge in [0.2, 0.25) is 0 Å². The first-order chi connectivity index (χ1) is 15.9. The van der Waals surface area contributed by atoms with Crippen LogP contribution >= 0.6 is 12.2 Å². The number of hydrogen-bond acceptors (Lipinski definition) is 3. The molecule has 1 fully saturated rings. The molecule has 0 unspecified atom stereocenters. The zero-order valence-corrected chi connectivity index (χ0v) is 20.1. The first-order valence-electron chi connectivity index (χ1n) is 11.1. The summed E-state index contributed by atoms with van der Waals surface area (Å²) in [6.45, 7) is 8.46. The van der Waals surface area contributed by atoms with Crippen LogP contribution in [0.15, 0.2) is 73.1 Å². The summed E-state index contributed by atoms with van der Waals surface area (Å²) in [5.74, 6) is 0.923. The Morgan fingerprint density at radius 2 is 1.73 bits per heavy atom. The first kappa shape index (κ1) is 21.3. The van der Waals surface area contributed by atoms with E-state index in [1.54, 1.807) is 0 Å². The van der Waals surface area contributed by atoms with Gasteiger partial charge >= 0.3 is 0 Å². The third-order valence-electron chi connectivity index (χ3n) is 6.29. The highest BCUT2D eigenvalue weighted by Crippen LogP contribution is 2.43. The van der Waals surface area contributed by atoms with E-state index in [1.165, 1.54) is 11.1 Å². The average Bonchev–Trinajstić information content (AvgIpc) is 3.30. The van der Waals surface area contributed by atoms with E-state index in [2.05, 4.69) is 101 Å². The van der Waals surface area contributed by atoms with Crippen LogP contribution in [-0.4, -0.2) is 19.6 Å². The second kappa shape index (κ2) is 8.45. The van der Waals surface area contributed by atoms with Gasteiger partial charge in [0.15, 0.2) is 5.11 Å². The Balaban J connectivity index is 1.68. The molecule has 1 N–H and O–H groups in total. The number of rotatable bonds is 4. The summed E-state index contributed by atoms with van der Waals surface area (Å²) >= 11 is 5.88. The van der Waals surface area contributed by atoms with Crippen molar-refractivity contribution in [2.45, 2.75) is 39.8 Å². The Morgan fingerprint density at radius 3 is 2.42 bits per heavy atom. The number of pyridine rings is 2. The van der Waals surface area contributed by atoms with Gasteiger partial charge in [-0.1, -0.05) is 24.3 Å². The van der Waals surface area contributed by atoms with Crippen LogP contribution in [0.2, 0.25) is 0 Å².